The zero-order valence-electron chi connectivity index (χ0n) is 8.82. The number of nitrogens with zero attached hydrogens (tertiary/aromatic N) is 2. The van der Waals surface area contributed by atoms with Crippen LogP contribution >= 0.6 is 0 Å². The molecule has 94 valence electrons. The second kappa shape index (κ2) is 4.47. The van der Waals surface area contributed by atoms with Gasteiger partial charge in [0.2, 0.25) is 0 Å². The number of halogens is 3. The third kappa shape index (κ3) is 2.47. The summed E-state index contributed by atoms with van der Waals surface area (Å²) in [4.78, 5) is 11.7. The van der Waals surface area contributed by atoms with Crippen LogP contribution in [0.2, 0.25) is 0 Å². The van der Waals surface area contributed by atoms with Crippen LogP contribution in [0.15, 0.2) is 30.5 Å². The molecule has 2 N–H and O–H groups in total. The molecular formula is C10H7F3N4O. The minimum absolute atomic E-state index is 0.0528. The van der Waals surface area contributed by atoms with E-state index in [2.05, 4.69) is 20.7 Å². The Hall–Kier alpha value is -2.38. The summed E-state index contributed by atoms with van der Waals surface area (Å²) in [6, 6.07) is 4.51. The number of nitrogens with one attached hydrogen (secondary N) is 2. The molecule has 8 heteroatoms. The van der Waals surface area contributed by atoms with E-state index in [-0.39, 0.29) is 5.82 Å². The van der Waals surface area contributed by atoms with Gasteiger partial charge in [-0.05, 0) is 12.1 Å². The number of hydrogen-bond acceptors (Lipinski definition) is 3. The van der Waals surface area contributed by atoms with Gasteiger partial charge in [0, 0.05) is 0 Å². The number of H-pyrrole nitrogens is 1. The van der Waals surface area contributed by atoms with Crippen molar-refractivity contribution in [2.75, 3.05) is 5.32 Å². The fraction of sp³-hybridized carbons (Fsp3) is 0.100. The van der Waals surface area contributed by atoms with Crippen LogP contribution < -0.4 is 5.32 Å². The van der Waals surface area contributed by atoms with Gasteiger partial charge in [-0.2, -0.15) is 23.5 Å². The predicted octanol–water partition coefficient (Wildman–Crippen LogP) is 2.08. The van der Waals surface area contributed by atoms with Gasteiger partial charge in [0.25, 0.3) is 5.91 Å². The minimum atomic E-state index is -4.59. The van der Waals surface area contributed by atoms with Crippen LogP contribution in [0.25, 0.3) is 0 Å². The van der Waals surface area contributed by atoms with E-state index in [1.807, 2.05) is 0 Å². The third-order valence-electron chi connectivity index (χ3n) is 2.13. The van der Waals surface area contributed by atoms with Gasteiger partial charge in [0.05, 0.1) is 17.3 Å². The van der Waals surface area contributed by atoms with Crippen molar-refractivity contribution in [1.82, 2.24) is 15.4 Å². The molecule has 0 radical (unpaired) electrons. The smallest absolute Gasteiger partial charge is 0.304 e. The quantitative estimate of drug-likeness (QED) is 0.864. The Morgan fingerprint density at radius 3 is 2.61 bits per heavy atom. The first-order valence-corrected chi connectivity index (χ1v) is 4.82. The predicted molar refractivity (Wildman–Crippen MR) is 55.8 cm³/mol. The summed E-state index contributed by atoms with van der Waals surface area (Å²) in [5.74, 6) is -0.839. The van der Waals surface area contributed by atoms with Crippen molar-refractivity contribution >= 4 is 11.7 Å². The average molecular weight is 256 g/mol. The van der Waals surface area contributed by atoms with Crippen LogP contribution in [0.1, 0.15) is 15.9 Å². The lowest BCUT2D eigenvalue weighted by atomic mass is 10.1. The monoisotopic (exact) mass is 256 g/mol. The van der Waals surface area contributed by atoms with Gasteiger partial charge in [0.1, 0.15) is 0 Å². The number of alkyl halides is 3. The highest BCUT2D eigenvalue weighted by Gasteiger charge is 2.34. The molecule has 0 aliphatic heterocycles. The maximum absolute atomic E-state index is 12.7. The second-order valence-corrected chi connectivity index (χ2v) is 3.35. The number of rotatable bonds is 2. The number of carbonyl (C=O) groups excluding carboxylic acids is 1. The summed E-state index contributed by atoms with van der Waals surface area (Å²) < 4.78 is 38.0. The summed E-state index contributed by atoms with van der Waals surface area (Å²) in [6.07, 6.45) is -3.40. The molecule has 2 aromatic rings. The lowest BCUT2D eigenvalue weighted by Gasteiger charge is -2.11. The van der Waals surface area contributed by atoms with Crippen molar-refractivity contribution in [3.63, 3.8) is 0 Å². The first-order chi connectivity index (χ1) is 8.48. The van der Waals surface area contributed by atoms with Gasteiger partial charge in [0.15, 0.2) is 5.82 Å². The van der Waals surface area contributed by atoms with Crippen LogP contribution in [0, 0.1) is 0 Å². The third-order valence-corrected chi connectivity index (χ3v) is 2.13. The molecule has 0 bridgehead atoms. The van der Waals surface area contributed by atoms with Crippen LogP contribution in [0.4, 0.5) is 19.0 Å². The fourth-order valence-corrected chi connectivity index (χ4v) is 1.37. The Balaban J connectivity index is 2.31. The van der Waals surface area contributed by atoms with Crippen molar-refractivity contribution in [2.24, 2.45) is 0 Å². The van der Waals surface area contributed by atoms with Gasteiger partial charge < -0.3 is 5.32 Å². The SMILES string of the molecule is O=C(Nc1cn[nH]n1)c1ccccc1C(F)(F)F. The van der Waals surface area contributed by atoms with E-state index in [9.17, 15) is 18.0 Å². The molecule has 18 heavy (non-hydrogen) atoms. The molecule has 1 aromatic carbocycles. The van der Waals surface area contributed by atoms with Crippen LogP contribution in [-0.4, -0.2) is 21.3 Å². The highest BCUT2D eigenvalue weighted by atomic mass is 19.4. The van der Waals surface area contributed by atoms with Crippen molar-refractivity contribution in [3.8, 4) is 0 Å². The van der Waals surface area contributed by atoms with Gasteiger partial charge >= 0.3 is 6.18 Å². The maximum atomic E-state index is 12.7. The standard InChI is InChI=1S/C10H7F3N4O/c11-10(12,13)7-4-2-1-3-6(7)9(18)15-8-5-14-17-16-8/h1-5H,(H2,14,15,16,17,18). The molecule has 1 heterocycles. The molecule has 5 nitrogen and oxygen atoms in total. The van der Waals surface area contributed by atoms with E-state index in [1.165, 1.54) is 18.3 Å². The molecule has 0 atom stereocenters. The van der Waals surface area contributed by atoms with Crippen molar-refractivity contribution in [2.45, 2.75) is 6.18 Å². The zero-order valence-corrected chi connectivity index (χ0v) is 8.82. The van der Waals surface area contributed by atoms with Crippen molar-refractivity contribution < 1.29 is 18.0 Å². The zero-order chi connectivity index (χ0) is 13.2. The second-order valence-electron chi connectivity index (χ2n) is 3.35. The molecule has 1 aromatic heterocycles. The number of carbonyl (C=O) groups is 1. The molecule has 0 saturated heterocycles. The van der Waals surface area contributed by atoms with E-state index in [0.29, 0.717) is 0 Å². The minimum Gasteiger partial charge on any atom is -0.304 e. The van der Waals surface area contributed by atoms with Crippen molar-refractivity contribution in [3.05, 3.63) is 41.6 Å². The first kappa shape index (κ1) is 12.1. The van der Waals surface area contributed by atoms with Gasteiger partial charge in [-0.15, -0.1) is 5.10 Å². The van der Waals surface area contributed by atoms with E-state index < -0.39 is 23.2 Å². The van der Waals surface area contributed by atoms with Crippen LogP contribution in [0.5, 0.6) is 0 Å². The number of hydrogen-bond donors (Lipinski definition) is 2. The summed E-state index contributed by atoms with van der Waals surface area (Å²) in [5, 5.41) is 11.4. The Kier molecular flexibility index (Phi) is 3.00. The summed E-state index contributed by atoms with van der Waals surface area (Å²) in [6.45, 7) is 0. The number of benzene rings is 1. The summed E-state index contributed by atoms with van der Waals surface area (Å²) in [5.41, 5.74) is -1.46. The molecule has 2 rings (SSSR count). The highest BCUT2D eigenvalue weighted by molar-refractivity contribution is 6.04. The largest absolute Gasteiger partial charge is 0.417 e. The number of amides is 1. The van der Waals surface area contributed by atoms with E-state index >= 15 is 0 Å². The summed E-state index contributed by atoms with van der Waals surface area (Å²) in [7, 11) is 0. The number of anilines is 1. The lowest BCUT2D eigenvalue weighted by molar-refractivity contribution is -0.137. The van der Waals surface area contributed by atoms with Crippen molar-refractivity contribution in [1.29, 1.82) is 0 Å². The first-order valence-electron chi connectivity index (χ1n) is 4.82. The van der Waals surface area contributed by atoms with Gasteiger partial charge in [-0.1, -0.05) is 12.1 Å². The molecule has 0 spiro atoms. The van der Waals surface area contributed by atoms with E-state index in [1.54, 1.807) is 0 Å². The Morgan fingerprint density at radius 1 is 1.28 bits per heavy atom. The Bertz CT molecular complexity index is 551. The maximum Gasteiger partial charge on any atom is 0.417 e. The van der Waals surface area contributed by atoms with E-state index in [4.69, 9.17) is 0 Å². The molecule has 0 fully saturated rings. The normalized spacial score (nSPS) is 11.3. The highest BCUT2D eigenvalue weighted by Crippen LogP contribution is 2.31. The fourth-order valence-electron chi connectivity index (χ4n) is 1.37. The Morgan fingerprint density at radius 2 is 2.00 bits per heavy atom. The average Bonchev–Trinajstić information content (AvgIpc) is 2.80. The van der Waals surface area contributed by atoms with Gasteiger partial charge in [-0.25, -0.2) is 0 Å². The number of aromatic nitrogens is 3. The summed E-state index contributed by atoms with van der Waals surface area (Å²) >= 11 is 0. The van der Waals surface area contributed by atoms with Gasteiger partial charge in [-0.3, -0.25) is 4.79 Å². The lowest BCUT2D eigenvalue weighted by Crippen LogP contribution is -2.18. The molecule has 0 aliphatic carbocycles. The molecule has 0 saturated carbocycles. The molecular weight excluding hydrogens is 249 g/mol. The number of aromatic amines is 1. The van der Waals surface area contributed by atoms with Crippen LogP contribution in [0.3, 0.4) is 0 Å². The molecule has 0 unspecified atom stereocenters. The molecule has 1 amide bonds. The van der Waals surface area contributed by atoms with E-state index in [0.717, 1.165) is 12.1 Å². The molecule has 0 aliphatic rings. The topological polar surface area (TPSA) is 70.7 Å². The Labute approximate surface area is 99.0 Å². The van der Waals surface area contributed by atoms with Crippen LogP contribution in [-0.2, 0) is 6.18 Å².